The first-order chi connectivity index (χ1) is 7.45. The van der Waals surface area contributed by atoms with Crippen LogP contribution < -0.4 is 0 Å². The van der Waals surface area contributed by atoms with Gasteiger partial charge in [-0.15, -0.1) is 10.2 Å². The molecule has 1 aromatic carbocycles. The number of fused-ring (bicyclic) bond motifs is 3. The average molecular weight is 234 g/mol. The molecule has 1 N–H and O–H groups in total. The number of aromatic nitrogens is 4. The van der Waals surface area contributed by atoms with Crippen LogP contribution in [0.15, 0.2) is 30.3 Å². The summed E-state index contributed by atoms with van der Waals surface area (Å²) in [6.45, 7) is 0. The summed E-state index contributed by atoms with van der Waals surface area (Å²) in [6, 6.07) is 9.83. The smallest absolute Gasteiger partial charge is 0.190 e. The molecular weight excluding hydrogens is 228 g/mol. The quantitative estimate of drug-likeness (QED) is 0.608. The maximum atomic E-state index is 4.36. The third kappa shape index (κ3) is 1.47. The van der Waals surface area contributed by atoms with Crippen molar-refractivity contribution in [2.24, 2.45) is 0 Å². The van der Waals surface area contributed by atoms with E-state index in [4.69, 9.17) is 0 Å². The minimum atomic E-state index is 0.734. The van der Waals surface area contributed by atoms with Crippen molar-refractivity contribution in [2.75, 3.05) is 0 Å². The zero-order chi connectivity index (χ0) is 10.1. The van der Waals surface area contributed by atoms with Gasteiger partial charge < -0.3 is 0 Å². The molecule has 74 valence electrons. The summed E-state index contributed by atoms with van der Waals surface area (Å²) in [5.41, 5.74) is 2.47. The van der Waals surface area contributed by atoms with Crippen LogP contribution in [0.1, 0.15) is 0 Å². The van der Waals surface area contributed by atoms with Gasteiger partial charge >= 0.3 is 0 Å². The predicted octanol–water partition coefficient (Wildman–Crippen LogP) is 2.75. The molecule has 3 rings (SSSR count). The van der Waals surface area contributed by atoms with Crippen molar-refractivity contribution in [3.63, 3.8) is 0 Å². The first kappa shape index (κ1) is 8.75. The Kier molecular flexibility index (Phi) is 2.08. The second-order valence-corrected chi connectivity index (χ2v) is 4.61. The first-order valence-corrected chi connectivity index (χ1v) is 6.44. The lowest BCUT2D eigenvalue weighted by atomic mass is 10.3. The van der Waals surface area contributed by atoms with Gasteiger partial charge in [-0.3, -0.25) is 4.37 Å². The van der Waals surface area contributed by atoms with E-state index >= 15 is 0 Å². The molecule has 4 nitrogen and oxygen atoms in total. The van der Waals surface area contributed by atoms with Gasteiger partial charge in [0.25, 0.3) is 0 Å². The molecule has 0 bridgehead atoms. The number of aromatic amines is 1. The molecule has 15 heavy (non-hydrogen) atoms. The number of nitrogens with zero attached hydrogens (tertiary/aromatic N) is 3. The predicted molar refractivity (Wildman–Crippen MR) is 62.6 cm³/mol. The van der Waals surface area contributed by atoms with Crippen molar-refractivity contribution in [1.82, 2.24) is 18.9 Å². The monoisotopic (exact) mass is 234 g/mol. The van der Waals surface area contributed by atoms with Crippen LogP contribution in [-0.2, 0) is 0 Å². The molecule has 0 spiro atoms. The number of H-pyrrole nitrogens is 1. The van der Waals surface area contributed by atoms with Crippen molar-refractivity contribution < 1.29 is 0 Å². The van der Waals surface area contributed by atoms with Crippen molar-refractivity contribution in [3.05, 3.63) is 30.3 Å². The normalized spacial score (nSPS) is 10.7. The summed E-state index contributed by atoms with van der Waals surface area (Å²) in [5, 5.41) is 9.24. The third-order valence-electron chi connectivity index (χ3n) is 2.06. The van der Waals surface area contributed by atoms with Crippen molar-refractivity contribution in [2.45, 2.75) is 0 Å². The van der Waals surface area contributed by atoms with Crippen LogP contribution >= 0.6 is 21.1 Å². The molecule has 2 aromatic heterocycles. The molecule has 0 aliphatic carbocycles. The molecule has 0 fully saturated rings. The van der Waals surface area contributed by atoms with Crippen LogP contribution in [0.3, 0.4) is 0 Å². The van der Waals surface area contributed by atoms with E-state index in [1.54, 1.807) is 0 Å². The summed E-state index contributed by atoms with van der Waals surface area (Å²) in [6.07, 6.45) is 0. The van der Waals surface area contributed by atoms with Crippen LogP contribution in [0.4, 0.5) is 0 Å². The number of rotatable bonds is 0. The minimum absolute atomic E-state index is 0.734. The van der Waals surface area contributed by atoms with E-state index < -0.39 is 0 Å². The van der Waals surface area contributed by atoms with Crippen LogP contribution in [0, 0.1) is 0 Å². The highest BCUT2D eigenvalue weighted by Gasteiger charge is 2.02. The second-order valence-electron chi connectivity index (χ2n) is 2.96. The van der Waals surface area contributed by atoms with Gasteiger partial charge in [-0.1, -0.05) is 24.3 Å². The fourth-order valence-corrected chi connectivity index (χ4v) is 2.61. The molecule has 0 saturated heterocycles. The number of hydrogen-bond acceptors (Lipinski definition) is 5. The minimum Gasteiger partial charge on any atom is -0.282 e. The van der Waals surface area contributed by atoms with E-state index in [-0.39, 0.29) is 0 Å². The second kappa shape index (κ2) is 3.56. The Morgan fingerprint density at radius 1 is 1.07 bits per heavy atom. The zero-order valence-corrected chi connectivity index (χ0v) is 9.18. The van der Waals surface area contributed by atoms with E-state index in [1.165, 1.54) is 21.1 Å². The molecule has 3 aromatic rings. The summed E-state index contributed by atoms with van der Waals surface area (Å²) in [5.74, 6) is 0. The third-order valence-corrected chi connectivity index (χ3v) is 3.36. The highest BCUT2D eigenvalue weighted by molar-refractivity contribution is 7.64. The van der Waals surface area contributed by atoms with Gasteiger partial charge in [0.05, 0.1) is 5.52 Å². The maximum Gasteiger partial charge on any atom is 0.190 e. The molecule has 0 aliphatic rings. The SMILES string of the molecule is c1ccc2nnc3[nH]ssnc3c2cc1. The lowest BCUT2D eigenvalue weighted by molar-refractivity contribution is 1.10. The lowest BCUT2D eigenvalue weighted by Crippen LogP contribution is -1.87. The van der Waals surface area contributed by atoms with Crippen LogP contribution in [0.5, 0.6) is 0 Å². The topological polar surface area (TPSA) is 54.5 Å². The lowest BCUT2D eigenvalue weighted by Gasteiger charge is -1.95. The Labute approximate surface area is 92.6 Å². The Balaban J connectivity index is 2.61. The summed E-state index contributed by atoms with van der Waals surface area (Å²) < 4.78 is 7.44. The van der Waals surface area contributed by atoms with Gasteiger partial charge in [-0.2, -0.15) is 4.37 Å². The number of nitrogens with one attached hydrogen (secondary N) is 1. The Morgan fingerprint density at radius 3 is 3.00 bits per heavy atom. The molecule has 0 saturated carbocycles. The van der Waals surface area contributed by atoms with Gasteiger partial charge in [-0.05, 0) is 6.07 Å². The highest BCUT2D eigenvalue weighted by atomic mass is 32.9. The van der Waals surface area contributed by atoms with E-state index in [0.29, 0.717) is 0 Å². The molecule has 0 atom stereocenters. The molecule has 0 aliphatic heterocycles. The van der Waals surface area contributed by atoms with E-state index in [0.717, 1.165) is 22.1 Å². The van der Waals surface area contributed by atoms with Gasteiger partial charge in [-0.25, -0.2) is 0 Å². The van der Waals surface area contributed by atoms with Crippen LogP contribution in [0.25, 0.3) is 22.1 Å². The molecule has 0 amide bonds. The highest BCUT2D eigenvalue weighted by Crippen LogP contribution is 2.18. The average Bonchev–Trinajstić information content (AvgIpc) is 2.54. The van der Waals surface area contributed by atoms with Gasteiger partial charge in [0.2, 0.25) is 0 Å². The number of hydrogen-bond donors (Lipinski definition) is 1. The first-order valence-electron chi connectivity index (χ1n) is 4.33. The van der Waals surface area contributed by atoms with Crippen LogP contribution in [-0.4, -0.2) is 18.9 Å². The van der Waals surface area contributed by atoms with Gasteiger partial charge in [0.15, 0.2) is 5.65 Å². The molecule has 0 unspecified atom stereocenters. The molecule has 2 heterocycles. The Morgan fingerprint density at radius 2 is 2.00 bits per heavy atom. The largest absolute Gasteiger partial charge is 0.282 e. The van der Waals surface area contributed by atoms with Crippen molar-refractivity contribution in [3.8, 4) is 0 Å². The van der Waals surface area contributed by atoms with Crippen LogP contribution in [0.2, 0.25) is 0 Å². The fourth-order valence-electron chi connectivity index (χ4n) is 1.38. The van der Waals surface area contributed by atoms with Gasteiger partial charge in [0.1, 0.15) is 5.52 Å². The van der Waals surface area contributed by atoms with E-state index in [1.807, 2.05) is 30.3 Å². The maximum absolute atomic E-state index is 4.36. The standard InChI is InChI=1S/C9H6N4S2/c1-2-4-6-7(5-3-1)10-11-9-8(6)12-14-15-13-9/h1-5H,(H,11,13). The summed E-state index contributed by atoms with van der Waals surface area (Å²) in [7, 11) is 2.85. The Hall–Kier alpha value is -1.53. The summed E-state index contributed by atoms with van der Waals surface area (Å²) in [4.78, 5) is 0. The Bertz CT molecular complexity index is 650. The molecular formula is C9H6N4S2. The van der Waals surface area contributed by atoms with Crippen molar-refractivity contribution >= 4 is 43.1 Å². The van der Waals surface area contributed by atoms with E-state index in [2.05, 4.69) is 18.9 Å². The zero-order valence-electron chi connectivity index (χ0n) is 7.54. The summed E-state index contributed by atoms with van der Waals surface area (Å²) >= 11 is 0. The fraction of sp³-hybridized carbons (Fsp3) is 0. The van der Waals surface area contributed by atoms with Gasteiger partial charge in [0, 0.05) is 26.5 Å². The van der Waals surface area contributed by atoms with Crippen molar-refractivity contribution in [1.29, 1.82) is 0 Å². The molecule has 6 heteroatoms. The van der Waals surface area contributed by atoms with E-state index in [9.17, 15) is 0 Å². The molecule has 0 radical (unpaired) electrons.